The van der Waals surface area contributed by atoms with Crippen molar-refractivity contribution in [3.05, 3.63) is 63.6 Å². The van der Waals surface area contributed by atoms with Crippen LogP contribution >= 0.6 is 15.9 Å². The molecule has 0 bridgehead atoms. The van der Waals surface area contributed by atoms with E-state index in [1.807, 2.05) is 25.1 Å². The third kappa shape index (κ3) is 4.93. The fourth-order valence-electron chi connectivity index (χ4n) is 3.25. The number of carbonyl (C=O) groups is 1. The smallest absolute Gasteiger partial charge is 0.238 e. The van der Waals surface area contributed by atoms with E-state index in [2.05, 4.69) is 62.2 Å². The molecule has 1 saturated heterocycles. The van der Waals surface area contributed by atoms with Crippen LogP contribution in [0.1, 0.15) is 16.7 Å². The summed E-state index contributed by atoms with van der Waals surface area (Å²) >= 11 is 3.62. The van der Waals surface area contributed by atoms with Gasteiger partial charge in [-0.2, -0.15) is 0 Å². The first kappa shape index (κ1) is 19.1. The Labute approximate surface area is 164 Å². The van der Waals surface area contributed by atoms with E-state index in [0.717, 1.165) is 48.4 Å². The predicted octanol–water partition coefficient (Wildman–Crippen LogP) is 3.82. The lowest BCUT2D eigenvalue weighted by Gasteiger charge is -2.34. The van der Waals surface area contributed by atoms with Gasteiger partial charge in [0, 0.05) is 42.9 Å². The van der Waals surface area contributed by atoms with E-state index in [1.54, 1.807) is 0 Å². The monoisotopic (exact) mass is 415 g/mol. The molecular weight excluding hydrogens is 390 g/mol. The first-order chi connectivity index (χ1) is 12.5. The molecular formula is C21H26BrN3O. The highest BCUT2D eigenvalue weighted by atomic mass is 79.9. The Morgan fingerprint density at radius 2 is 1.69 bits per heavy atom. The van der Waals surface area contributed by atoms with E-state index in [1.165, 1.54) is 11.1 Å². The molecule has 1 N–H and O–H groups in total. The lowest BCUT2D eigenvalue weighted by molar-refractivity contribution is -0.117. The molecule has 1 aliphatic rings. The lowest BCUT2D eigenvalue weighted by Crippen LogP contribution is -2.48. The van der Waals surface area contributed by atoms with Crippen LogP contribution in [0.3, 0.4) is 0 Å². The zero-order chi connectivity index (χ0) is 18.5. The van der Waals surface area contributed by atoms with Gasteiger partial charge in [-0.1, -0.05) is 46.3 Å². The summed E-state index contributed by atoms with van der Waals surface area (Å²) in [5, 5.41) is 3.06. The number of nitrogens with one attached hydrogen (secondary N) is 1. The van der Waals surface area contributed by atoms with Gasteiger partial charge in [-0.15, -0.1) is 0 Å². The number of benzene rings is 2. The number of carbonyl (C=O) groups excluding carboxylic acids is 1. The van der Waals surface area contributed by atoms with E-state index in [4.69, 9.17) is 0 Å². The molecule has 1 fully saturated rings. The SMILES string of the molecule is Cc1cccc(NC(=O)CN2CCN(Cc3ccccc3Br)CC2)c1C. The minimum Gasteiger partial charge on any atom is -0.325 e. The number of piperazine rings is 1. The average molecular weight is 416 g/mol. The summed E-state index contributed by atoms with van der Waals surface area (Å²) in [6, 6.07) is 14.4. The Hall–Kier alpha value is -1.69. The van der Waals surface area contributed by atoms with Crippen LogP contribution in [0.4, 0.5) is 5.69 Å². The number of rotatable bonds is 5. The van der Waals surface area contributed by atoms with Gasteiger partial charge < -0.3 is 5.32 Å². The van der Waals surface area contributed by atoms with E-state index >= 15 is 0 Å². The van der Waals surface area contributed by atoms with Crippen molar-refractivity contribution in [1.29, 1.82) is 0 Å². The summed E-state index contributed by atoms with van der Waals surface area (Å²) < 4.78 is 1.16. The van der Waals surface area contributed by atoms with E-state index < -0.39 is 0 Å². The molecule has 2 aromatic carbocycles. The highest BCUT2D eigenvalue weighted by Gasteiger charge is 2.19. The van der Waals surface area contributed by atoms with Gasteiger partial charge in [0.05, 0.1) is 6.54 Å². The molecule has 0 radical (unpaired) electrons. The predicted molar refractivity (Wildman–Crippen MR) is 110 cm³/mol. The number of aryl methyl sites for hydroxylation is 1. The fraction of sp³-hybridized carbons (Fsp3) is 0.381. The zero-order valence-electron chi connectivity index (χ0n) is 15.5. The minimum absolute atomic E-state index is 0.0675. The molecule has 1 heterocycles. The van der Waals surface area contributed by atoms with Crippen molar-refractivity contribution in [3.8, 4) is 0 Å². The highest BCUT2D eigenvalue weighted by Crippen LogP contribution is 2.19. The van der Waals surface area contributed by atoms with Gasteiger partial charge in [-0.25, -0.2) is 0 Å². The average Bonchev–Trinajstić information content (AvgIpc) is 2.62. The Kier molecular flexibility index (Phi) is 6.46. The number of halogens is 1. The molecule has 2 aromatic rings. The number of amides is 1. The molecule has 26 heavy (non-hydrogen) atoms. The van der Waals surface area contributed by atoms with Crippen LogP contribution in [0.25, 0.3) is 0 Å². The third-order valence-electron chi connectivity index (χ3n) is 5.06. The Morgan fingerprint density at radius 1 is 1.00 bits per heavy atom. The zero-order valence-corrected chi connectivity index (χ0v) is 17.1. The molecule has 0 aliphatic carbocycles. The molecule has 1 amide bonds. The van der Waals surface area contributed by atoms with Crippen molar-refractivity contribution in [1.82, 2.24) is 9.80 Å². The first-order valence-corrected chi connectivity index (χ1v) is 9.86. The van der Waals surface area contributed by atoms with Crippen LogP contribution in [-0.4, -0.2) is 48.4 Å². The standard InChI is InChI=1S/C21H26BrN3O/c1-16-6-5-9-20(17(16)2)23-21(26)15-25-12-10-24(11-13-25)14-18-7-3-4-8-19(18)22/h3-9H,10-15H2,1-2H3,(H,23,26). The largest absolute Gasteiger partial charge is 0.325 e. The number of hydrogen-bond acceptors (Lipinski definition) is 3. The van der Waals surface area contributed by atoms with E-state index in [0.29, 0.717) is 6.54 Å². The summed E-state index contributed by atoms with van der Waals surface area (Å²) in [6.45, 7) is 9.33. The molecule has 0 unspecified atom stereocenters. The lowest BCUT2D eigenvalue weighted by atomic mass is 10.1. The van der Waals surface area contributed by atoms with Crippen molar-refractivity contribution in [3.63, 3.8) is 0 Å². The highest BCUT2D eigenvalue weighted by molar-refractivity contribution is 9.10. The van der Waals surface area contributed by atoms with Gasteiger partial charge in [0.15, 0.2) is 0 Å². The molecule has 0 atom stereocenters. The van der Waals surface area contributed by atoms with Gasteiger partial charge in [-0.3, -0.25) is 14.6 Å². The summed E-state index contributed by atoms with van der Waals surface area (Å²) in [5.74, 6) is 0.0675. The fourth-order valence-corrected chi connectivity index (χ4v) is 3.66. The van der Waals surface area contributed by atoms with Gasteiger partial charge >= 0.3 is 0 Å². The molecule has 1 aliphatic heterocycles. The van der Waals surface area contributed by atoms with Crippen LogP contribution < -0.4 is 5.32 Å². The van der Waals surface area contributed by atoms with Crippen molar-refractivity contribution in [2.75, 3.05) is 38.0 Å². The molecule has 4 nitrogen and oxygen atoms in total. The summed E-state index contributed by atoms with van der Waals surface area (Å²) in [5.41, 5.74) is 4.57. The van der Waals surface area contributed by atoms with Crippen LogP contribution in [0, 0.1) is 13.8 Å². The van der Waals surface area contributed by atoms with E-state index in [9.17, 15) is 4.79 Å². The molecule has 0 spiro atoms. The van der Waals surface area contributed by atoms with Crippen molar-refractivity contribution < 1.29 is 4.79 Å². The van der Waals surface area contributed by atoms with Crippen LogP contribution in [0.15, 0.2) is 46.9 Å². The summed E-state index contributed by atoms with van der Waals surface area (Å²) in [7, 11) is 0. The molecule has 0 aromatic heterocycles. The quantitative estimate of drug-likeness (QED) is 0.805. The Bertz CT molecular complexity index is 770. The molecule has 3 rings (SSSR count). The maximum atomic E-state index is 12.4. The minimum atomic E-state index is 0.0675. The number of hydrogen-bond donors (Lipinski definition) is 1. The first-order valence-electron chi connectivity index (χ1n) is 9.07. The van der Waals surface area contributed by atoms with Gasteiger partial charge in [-0.05, 0) is 42.7 Å². The maximum Gasteiger partial charge on any atom is 0.238 e. The van der Waals surface area contributed by atoms with Crippen molar-refractivity contribution >= 4 is 27.5 Å². The van der Waals surface area contributed by atoms with Crippen LogP contribution in [-0.2, 0) is 11.3 Å². The van der Waals surface area contributed by atoms with Gasteiger partial charge in [0.1, 0.15) is 0 Å². The van der Waals surface area contributed by atoms with Gasteiger partial charge in [0.25, 0.3) is 0 Å². The Morgan fingerprint density at radius 3 is 2.42 bits per heavy atom. The second-order valence-corrected chi connectivity index (χ2v) is 7.79. The van der Waals surface area contributed by atoms with E-state index in [-0.39, 0.29) is 5.91 Å². The third-order valence-corrected chi connectivity index (χ3v) is 5.84. The van der Waals surface area contributed by atoms with Crippen LogP contribution in [0.5, 0.6) is 0 Å². The van der Waals surface area contributed by atoms with Crippen LogP contribution in [0.2, 0.25) is 0 Å². The second kappa shape index (κ2) is 8.80. The topological polar surface area (TPSA) is 35.6 Å². The molecule has 138 valence electrons. The normalized spacial score (nSPS) is 15.8. The van der Waals surface area contributed by atoms with Gasteiger partial charge in [0.2, 0.25) is 5.91 Å². The maximum absolute atomic E-state index is 12.4. The van der Waals surface area contributed by atoms with Crippen molar-refractivity contribution in [2.45, 2.75) is 20.4 Å². The number of nitrogens with zero attached hydrogens (tertiary/aromatic N) is 2. The summed E-state index contributed by atoms with van der Waals surface area (Å²) in [6.07, 6.45) is 0. The second-order valence-electron chi connectivity index (χ2n) is 6.94. The molecule has 0 saturated carbocycles. The molecule has 5 heteroatoms. The summed E-state index contributed by atoms with van der Waals surface area (Å²) in [4.78, 5) is 17.1. The van der Waals surface area contributed by atoms with Crippen molar-refractivity contribution in [2.24, 2.45) is 0 Å². The Balaban J connectivity index is 1.47. The number of anilines is 1.